The van der Waals surface area contributed by atoms with Crippen LogP contribution >= 0.6 is 11.6 Å². The van der Waals surface area contributed by atoms with Gasteiger partial charge in [-0.1, -0.05) is 11.6 Å². The molecule has 1 saturated heterocycles. The molecule has 0 aliphatic carbocycles. The summed E-state index contributed by atoms with van der Waals surface area (Å²) < 4.78 is 5.92. The number of benzene rings is 1. The van der Waals surface area contributed by atoms with E-state index in [1.54, 1.807) is 12.1 Å². The van der Waals surface area contributed by atoms with Crippen LogP contribution in [0.1, 0.15) is 27.2 Å². The molecule has 4 nitrogen and oxygen atoms in total. The molecule has 1 N–H and O–H groups in total. The molecule has 2 atom stereocenters. The molecule has 110 valence electrons. The quantitative estimate of drug-likeness (QED) is 0.931. The molecule has 0 radical (unpaired) electrons. The number of carboxylic acids is 1. The lowest BCUT2D eigenvalue weighted by atomic mass is 10.1. The summed E-state index contributed by atoms with van der Waals surface area (Å²) in [5.41, 5.74) is 0.589. The van der Waals surface area contributed by atoms with Gasteiger partial charge < -0.3 is 14.7 Å². The maximum atomic E-state index is 11.4. The first kappa shape index (κ1) is 15.1. The fourth-order valence-corrected chi connectivity index (χ4v) is 2.66. The van der Waals surface area contributed by atoms with Crippen LogP contribution in [0.25, 0.3) is 0 Å². The zero-order valence-corrected chi connectivity index (χ0v) is 12.7. The molecule has 1 aromatic carbocycles. The van der Waals surface area contributed by atoms with Gasteiger partial charge in [0.25, 0.3) is 0 Å². The number of aliphatic carboxylic acids is 1. The second-order valence-electron chi connectivity index (χ2n) is 6.07. The van der Waals surface area contributed by atoms with Crippen LogP contribution in [-0.2, 0) is 9.53 Å². The molecule has 1 fully saturated rings. The molecule has 0 amide bonds. The molecule has 1 heterocycles. The fourth-order valence-electron chi connectivity index (χ4n) is 2.53. The number of rotatable bonds is 3. The van der Waals surface area contributed by atoms with E-state index in [4.69, 9.17) is 16.3 Å². The monoisotopic (exact) mass is 297 g/mol. The van der Waals surface area contributed by atoms with Crippen molar-refractivity contribution >= 4 is 23.3 Å². The normalized spacial score (nSPS) is 23.1. The lowest BCUT2D eigenvalue weighted by molar-refractivity contribution is -0.139. The Hall–Kier alpha value is -1.26. The van der Waals surface area contributed by atoms with Crippen molar-refractivity contribution in [2.24, 2.45) is 0 Å². The summed E-state index contributed by atoms with van der Waals surface area (Å²) in [6, 6.07) is 6.68. The van der Waals surface area contributed by atoms with E-state index in [0.29, 0.717) is 18.0 Å². The van der Waals surface area contributed by atoms with Gasteiger partial charge in [0.1, 0.15) is 6.04 Å². The number of nitrogens with zero attached hydrogens (tertiary/aromatic N) is 1. The van der Waals surface area contributed by atoms with Crippen molar-refractivity contribution in [1.82, 2.24) is 0 Å². The maximum absolute atomic E-state index is 11.4. The largest absolute Gasteiger partial charge is 0.480 e. The third-order valence-corrected chi connectivity index (χ3v) is 3.48. The van der Waals surface area contributed by atoms with Crippen molar-refractivity contribution < 1.29 is 14.6 Å². The van der Waals surface area contributed by atoms with Gasteiger partial charge in [-0.3, -0.25) is 0 Å². The minimum atomic E-state index is -0.819. The molecular weight excluding hydrogens is 278 g/mol. The van der Waals surface area contributed by atoms with Crippen LogP contribution in [0, 0.1) is 0 Å². The molecule has 2 rings (SSSR count). The van der Waals surface area contributed by atoms with Crippen LogP contribution < -0.4 is 4.90 Å². The number of hydrogen-bond donors (Lipinski definition) is 1. The Morgan fingerprint density at radius 3 is 2.45 bits per heavy atom. The van der Waals surface area contributed by atoms with E-state index in [0.717, 1.165) is 5.69 Å². The number of halogens is 1. The van der Waals surface area contributed by atoms with Crippen LogP contribution in [0.2, 0.25) is 5.02 Å². The van der Waals surface area contributed by atoms with E-state index in [2.05, 4.69) is 0 Å². The van der Waals surface area contributed by atoms with Crippen LogP contribution in [0.15, 0.2) is 24.3 Å². The van der Waals surface area contributed by atoms with Gasteiger partial charge in [0.05, 0.1) is 11.7 Å². The second kappa shape index (κ2) is 5.62. The molecule has 5 heteroatoms. The van der Waals surface area contributed by atoms with E-state index < -0.39 is 12.0 Å². The maximum Gasteiger partial charge on any atom is 0.326 e. The number of anilines is 1. The molecule has 1 aliphatic heterocycles. The first-order chi connectivity index (χ1) is 9.26. The molecule has 0 bridgehead atoms. The summed E-state index contributed by atoms with van der Waals surface area (Å²) in [5.74, 6) is -0.819. The Morgan fingerprint density at radius 1 is 1.35 bits per heavy atom. The minimum Gasteiger partial charge on any atom is -0.480 e. The molecular formula is C15H20ClNO3. The summed E-state index contributed by atoms with van der Waals surface area (Å²) in [6.07, 6.45) is 0.418. The van der Waals surface area contributed by atoms with Crippen molar-refractivity contribution in [3.8, 4) is 0 Å². The van der Waals surface area contributed by atoms with Gasteiger partial charge in [0, 0.05) is 23.7 Å². The topological polar surface area (TPSA) is 49.8 Å². The Balaban J connectivity index is 2.18. The summed E-state index contributed by atoms with van der Waals surface area (Å²) in [7, 11) is 0. The van der Waals surface area contributed by atoms with Crippen molar-refractivity contribution in [1.29, 1.82) is 0 Å². The standard InChI is InChI=1S/C15H20ClNO3/c1-15(2,3)20-12-8-13(14(18)19)17(9-12)11-6-4-10(16)5-7-11/h4-7,12-13H,8-9H2,1-3H3,(H,18,19)/t12-,13+/m1/s1. The molecule has 1 aliphatic rings. The average molecular weight is 298 g/mol. The summed E-state index contributed by atoms with van der Waals surface area (Å²) in [6.45, 7) is 6.52. The van der Waals surface area contributed by atoms with E-state index in [9.17, 15) is 9.90 Å². The van der Waals surface area contributed by atoms with Gasteiger partial charge in [-0.05, 0) is 45.0 Å². The fraction of sp³-hybridized carbons (Fsp3) is 0.533. The van der Waals surface area contributed by atoms with Gasteiger partial charge in [0.2, 0.25) is 0 Å². The number of carbonyl (C=O) groups is 1. The third-order valence-electron chi connectivity index (χ3n) is 3.23. The van der Waals surface area contributed by atoms with Gasteiger partial charge in [-0.15, -0.1) is 0 Å². The summed E-state index contributed by atoms with van der Waals surface area (Å²) >= 11 is 5.87. The Kier molecular flexibility index (Phi) is 4.25. The molecule has 20 heavy (non-hydrogen) atoms. The van der Waals surface area contributed by atoms with Crippen LogP contribution in [0.3, 0.4) is 0 Å². The highest BCUT2D eigenvalue weighted by atomic mass is 35.5. The highest BCUT2D eigenvalue weighted by Gasteiger charge is 2.39. The highest BCUT2D eigenvalue weighted by molar-refractivity contribution is 6.30. The Bertz CT molecular complexity index is 481. The molecule has 0 aromatic heterocycles. The van der Waals surface area contributed by atoms with Gasteiger partial charge in [-0.2, -0.15) is 0 Å². The van der Waals surface area contributed by atoms with E-state index >= 15 is 0 Å². The zero-order chi connectivity index (χ0) is 14.9. The van der Waals surface area contributed by atoms with Crippen LogP contribution in [0.4, 0.5) is 5.69 Å². The molecule has 0 unspecified atom stereocenters. The predicted octanol–water partition coefficient (Wildman–Crippen LogP) is 3.19. The second-order valence-corrected chi connectivity index (χ2v) is 6.51. The van der Waals surface area contributed by atoms with Crippen molar-refractivity contribution in [2.75, 3.05) is 11.4 Å². The van der Waals surface area contributed by atoms with E-state index in [1.807, 2.05) is 37.8 Å². The SMILES string of the molecule is CC(C)(C)O[C@@H]1C[C@@H](C(=O)O)N(c2ccc(Cl)cc2)C1. The number of carboxylic acid groups (broad SMARTS) is 1. The lowest BCUT2D eigenvalue weighted by Crippen LogP contribution is -2.36. The lowest BCUT2D eigenvalue weighted by Gasteiger charge is -2.26. The van der Waals surface area contributed by atoms with Gasteiger partial charge in [0.15, 0.2) is 0 Å². The van der Waals surface area contributed by atoms with Crippen molar-refractivity contribution in [3.05, 3.63) is 29.3 Å². The van der Waals surface area contributed by atoms with E-state index in [-0.39, 0.29) is 11.7 Å². The number of ether oxygens (including phenoxy) is 1. The highest BCUT2D eigenvalue weighted by Crippen LogP contribution is 2.30. The Labute approximate surface area is 124 Å². The smallest absolute Gasteiger partial charge is 0.326 e. The molecule has 0 saturated carbocycles. The third kappa shape index (κ3) is 3.64. The van der Waals surface area contributed by atoms with E-state index in [1.165, 1.54) is 0 Å². The molecule has 0 spiro atoms. The average Bonchev–Trinajstić information content (AvgIpc) is 2.71. The molecule has 1 aromatic rings. The number of hydrogen-bond acceptors (Lipinski definition) is 3. The predicted molar refractivity (Wildman–Crippen MR) is 79.5 cm³/mol. The Morgan fingerprint density at radius 2 is 1.95 bits per heavy atom. The summed E-state index contributed by atoms with van der Waals surface area (Å²) in [5, 5.41) is 10.0. The first-order valence-corrected chi connectivity index (χ1v) is 7.07. The van der Waals surface area contributed by atoms with Gasteiger partial charge >= 0.3 is 5.97 Å². The van der Waals surface area contributed by atoms with Gasteiger partial charge in [-0.25, -0.2) is 4.79 Å². The van der Waals surface area contributed by atoms with Crippen molar-refractivity contribution in [3.63, 3.8) is 0 Å². The minimum absolute atomic E-state index is 0.0771. The van der Waals surface area contributed by atoms with Crippen LogP contribution in [0.5, 0.6) is 0 Å². The van der Waals surface area contributed by atoms with Crippen molar-refractivity contribution in [2.45, 2.75) is 44.9 Å². The zero-order valence-electron chi connectivity index (χ0n) is 12.0. The first-order valence-electron chi connectivity index (χ1n) is 6.69. The summed E-state index contributed by atoms with van der Waals surface area (Å²) in [4.78, 5) is 13.3. The van der Waals surface area contributed by atoms with Crippen LogP contribution in [-0.4, -0.2) is 35.4 Å².